The van der Waals surface area contributed by atoms with Gasteiger partial charge in [-0.05, 0) is 44.5 Å². The first-order chi connectivity index (χ1) is 9.04. The smallest absolute Gasteiger partial charge is 0.129 e. The van der Waals surface area contributed by atoms with Gasteiger partial charge >= 0.3 is 0 Å². The Morgan fingerprint density at radius 2 is 2.11 bits per heavy atom. The highest BCUT2D eigenvalue weighted by Gasteiger charge is 2.07. The zero-order chi connectivity index (χ0) is 13.8. The van der Waals surface area contributed by atoms with Crippen LogP contribution in [-0.4, -0.2) is 6.04 Å². The number of rotatable bonds is 5. The van der Waals surface area contributed by atoms with Crippen LogP contribution in [0.2, 0.25) is 5.02 Å². The summed E-state index contributed by atoms with van der Waals surface area (Å²) in [4.78, 5) is 2.68. The van der Waals surface area contributed by atoms with Gasteiger partial charge in [0.05, 0.1) is 0 Å². The Labute approximate surface area is 122 Å². The molecule has 0 saturated heterocycles. The molecule has 0 aliphatic carbocycles. The number of hydrogen-bond acceptors (Lipinski definition) is 2. The largest absolute Gasteiger partial charge is 0.310 e. The lowest BCUT2D eigenvalue weighted by molar-refractivity contribution is 0.527. The Morgan fingerprint density at radius 3 is 2.74 bits per heavy atom. The number of aryl methyl sites for hydroxylation is 1. The molecule has 0 bridgehead atoms. The molecular formula is C15H17ClFNS. The van der Waals surface area contributed by atoms with Crippen LogP contribution >= 0.6 is 22.9 Å². The van der Waals surface area contributed by atoms with Gasteiger partial charge in [-0.2, -0.15) is 0 Å². The van der Waals surface area contributed by atoms with Crippen molar-refractivity contribution in [2.24, 2.45) is 0 Å². The molecule has 0 aliphatic rings. The Bertz CT molecular complexity index is 553. The number of thiophene rings is 1. The van der Waals surface area contributed by atoms with Crippen molar-refractivity contribution < 1.29 is 4.39 Å². The summed E-state index contributed by atoms with van der Waals surface area (Å²) in [7, 11) is 0. The van der Waals surface area contributed by atoms with Gasteiger partial charge in [0.25, 0.3) is 0 Å². The van der Waals surface area contributed by atoms with E-state index < -0.39 is 0 Å². The van der Waals surface area contributed by atoms with E-state index in [2.05, 4.69) is 31.3 Å². The van der Waals surface area contributed by atoms with E-state index in [9.17, 15) is 4.39 Å². The minimum Gasteiger partial charge on any atom is -0.310 e. The van der Waals surface area contributed by atoms with Crippen LogP contribution in [0.5, 0.6) is 0 Å². The fourth-order valence-electron chi connectivity index (χ4n) is 1.92. The van der Waals surface area contributed by atoms with Gasteiger partial charge < -0.3 is 5.32 Å². The standard InChI is InChI=1S/C15H17ClFNS/c1-10(7-14-6-3-11(2)19-14)18-9-12-4-5-13(16)8-15(12)17/h3-6,8,10,18H,7,9H2,1-2H3. The third-order valence-electron chi connectivity index (χ3n) is 2.96. The molecule has 102 valence electrons. The summed E-state index contributed by atoms with van der Waals surface area (Å²) >= 11 is 7.54. The lowest BCUT2D eigenvalue weighted by atomic mass is 10.1. The van der Waals surface area contributed by atoms with Crippen LogP contribution in [0.15, 0.2) is 30.3 Å². The van der Waals surface area contributed by atoms with Crippen LogP contribution in [-0.2, 0) is 13.0 Å². The van der Waals surface area contributed by atoms with Gasteiger partial charge in [-0.3, -0.25) is 0 Å². The molecule has 0 amide bonds. The maximum absolute atomic E-state index is 13.6. The quantitative estimate of drug-likeness (QED) is 0.852. The molecule has 1 aromatic carbocycles. The van der Waals surface area contributed by atoms with E-state index in [1.807, 2.05) is 11.3 Å². The van der Waals surface area contributed by atoms with Gasteiger partial charge in [0, 0.05) is 32.9 Å². The summed E-state index contributed by atoms with van der Waals surface area (Å²) in [6.07, 6.45) is 0.966. The van der Waals surface area contributed by atoms with Crippen molar-refractivity contribution in [3.8, 4) is 0 Å². The Morgan fingerprint density at radius 1 is 1.32 bits per heavy atom. The molecule has 0 aliphatic heterocycles. The van der Waals surface area contributed by atoms with E-state index in [4.69, 9.17) is 11.6 Å². The van der Waals surface area contributed by atoms with Crippen LogP contribution in [0.4, 0.5) is 4.39 Å². The second-order valence-corrected chi connectivity index (χ2v) is 6.54. The molecular weight excluding hydrogens is 281 g/mol. The second kappa shape index (κ2) is 6.51. The predicted molar refractivity (Wildman–Crippen MR) is 80.5 cm³/mol. The Kier molecular flexibility index (Phi) is 4.97. The van der Waals surface area contributed by atoms with Gasteiger partial charge in [0.15, 0.2) is 0 Å². The summed E-state index contributed by atoms with van der Waals surface area (Å²) in [5.74, 6) is -0.251. The topological polar surface area (TPSA) is 12.0 Å². The molecule has 0 saturated carbocycles. The van der Waals surface area contributed by atoms with Gasteiger partial charge in [-0.1, -0.05) is 17.7 Å². The van der Waals surface area contributed by atoms with Gasteiger partial charge in [0.2, 0.25) is 0 Å². The van der Waals surface area contributed by atoms with E-state index in [0.29, 0.717) is 23.2 Å². The fraction of sp³-hybridized carbons (Fsp3) is 0.333. The summed E-state index contributed by atoms with van der Waals surface area (Å²) in [5.41, 5.74) is 0.651. The first-order valence-electron chi connectivity index (χ1n) is 6.27. The molecule has 1 aromatic heterocycles. The van der Waals surface area contributed by atoms with Crippen molar-refractivity contribution in [2.45, 2.75) is 32.9 Å². The summed E-state index contributed by atoms with van der Waals surface area (Å²) in [5, 5.41) is 3.77. The molecule has 1 unspecified atom stereocenters. The summed E-state index contributed by atoms with van der Waals surface area (Å²) < 4.78 is 13.6. The fourth-order valence-corrected chi connectivity index (χ4v) is 3.10. The zero-order valence-corrected chi connectivity index (χ0v) is 12.6. The normalized spacial score (nSPS) is 12.6. The average Bonchev–Trinajstić information content (AvgIpc) is 2.73. The lowest BCUT2D eigenvalue weighted by Crippen LogP contribution is -2.27. The molecule has 2 aromatic rings. The summed E-state index contributed by atoms with van der Waals surface area (Å²) in [6, 6.07) is 9.40. The molecule has 1 atom stereocenters. The van der Waals surface area contributed by atoms with Crippen LogP contribution in [0.25, 0.3) is 0 Å². The third kappa shape index (κ3) is 4.30. The van der Waals surface area contributed by atoms with Crippen LogP contribution in [0.3, 0.4) is 0 Å². The van der Waals surface area contributed by atoms with Crippen molar-refractivity contribution in [1.82, 2.24) is 5.32 Å². The highest BCUT2D eigenvalue weighted by Crippen LogP contribution is 2.17. The molecule has 2 rings (SSSR count). The molecule has 19 heavy (non-hydrogen) atoms. The van der Waals surface area contributed by atoms with Crippen molar-refractivity contribution in [3.05, 3.63) is 56.5 Å². The molecule has 1 heterocycles. The highest BCUT2D eigenvalue weighted by atomic mass is 35.5. The monoisotopic (exact) mass is 297 g/mol. The molecule has 1 nitrogen and oxygen atoms in total. The maximum Gasteiger partial charge on any atom is 0.129 e. The zero-order valence-electron chi connectivity index (χ0n) is 11.0. The van der Waals surface area contributed by atoms with Crippen molar-refractivity contribution in [3.63, 3.8) is 0 Å². The molecule has 0 radical (unpaired) electrons. The lowest BCUT2D eigenvalue weighted by Gasteiger charge is -2.13. The van der Waals surface area contributed by atoms with E-state index in [-0.39, 0.29) is 5.82 Å². The number of halogens is 2. The van der Waals surface area contributed by atoms with Crippen LogP contribution in [0, 0.1) is 12.7 Å². The SMILES string of the molecule is Cc1ccc(CC(C)NCc2ccc(Cl)cc2F)s1. The first-order valence-corrected chi connectivity index (χ1v) is 7.46. The minimum atomic E-state index is -0.251. The molecule has 0 fully saturated rings. The van der Waals surface area contributed by atoms with Crippen molar-refractivity contribution in [1.29, 1.82) is 0 Å². The van der Waals surface area contributed by atoms with E-state index in [1.54, 1.807) is 12.1 Å². The van der Waals surface area contributed by atoms with E-state index in [1.165, 1.54) is 15.8 Å². The number of benzene rings is 1. The van der Waals surface area contributed by atoms with Gasteiger partial charge in [-0.15, -0.1) is 11.3 Å². The van der Waals surface area contributed by atoms with Crippen molar-refractivity contribution in [2.75, 3.05) is 0 Å². The number of nitrogens with one attached hydrogen (secondary N) is 1. The van der Waals surface area contributed by atoms with Crippen LogP contribution in [0.1, 0.15) is 22.2 Å². The number of hydrogen-bond donors (Lipinski definition) is 1. The second-order valence-electron chi connectivity index (χ2n) is 4.73. The van der Waals surface area contributed by atoms with Gasteiger partial charge in [0.1, 0.15) is 5.82 Å². The predicted octanol–water partition coefficient (Wildman–Crippen LogP) is 4.57. The Hall–Kier alpha value is -0.900. The molecule has 4 heteroatoms. The minimum absolute atomic E-state index is 0.251. The maximum atomic E-state index is 13.6. The van der Waals surface area contributed by atoms with Crippen LogP contribution < -0.4 is 5.32 Å². The average molecular weight is 298 g/mol. The van der Waals surface area contributed by atoms with E-state index in [0.717, 1.165) is 6.42 Å². The highest BCUT2D eigenvalue weighted by molar-refractivity contribution is 7.11. The Balaban J connectivity index is 1.87. The summed E-state index contributed by atoms with van der Waals surface area (Å²) in [6.45, 7) is 4.74. The van der Waals surface area contributed by atoms with Crippen molar-refractivity contribution >= 4 is 22.9 Å². The third-order valence-corrected chi connectivity index (χ3v) is 4.22. The molecule has 0 spiro atoms. The van der Waals surface area contributed by atoms with Gasteiger partial charge in [-0.25, -0.2) is 4.39 Å². The first kappa shape index (κ1) is 14.5. The van der Waals surface area contributed by atoms with E-state index >= 15 is 0 Å². The molecule has 1 N–H and O–H groups in total.